The van der Waals surface area contributed by atoms with Gasteiger partial charge < -0.3 is 15.0 Å². The molecule has 1 fully saturated rings. The van der Waals surface area contributed by atoms with Crippen molar-refractivity contribution < 1.29 is 17.9 Å². The maximum absolute atomic E-state index is 13.0. The summed E-state index contributed by atoms with van der Waals surface area (Å²) in [4.78, 5) is 9.29. The van der Waals surface area contributed by atoms with Crippen LogP contribution in [0.15, 0.2) is 6.07 Å². The molecule has 1 N–H and O–H groups in total. The molecule has 2 rings (SSSR count). The van der Waals surface area contributed by atoms with Crippen molar-refractivity contribution in [1.29, 1.82) is 0 Å². The lowest BCUT2D eigenvalue weighted by Gasteiger charge is -2.24. The highest BCUT2D eigenvalue weighted by Crippen LogP contribution is 2.30. The molecule has 1 aromatic heterocycles. The number of nitrogens with one attached hydrogen (secondary N) is 1. The first-order valence-corrected chi connectivity index (χ1v) is 7.33. The summed E-state index contributed by atoms with van der Waals surface area (Å²) in [5.41, 5.74) is -0.948. The molecule has 0 spiro atoms. The second-order valence-corrected chi connectivity index (χ2v) is 5.54. The summed E-state index contributed by atoms with van der Waals surface area (Å²) in [5.74, 6) is 0.202. The van der Waals surface area contributed by atoms with E-state index in [-0.39, 0.29) is 23.9 Å². The van der Waals surface area contributed by atoms with Crippen molar-refractivity contribution in [2.75, 3.05) is 30.9 Å². The second kappa shape index (κ2) is 6.68. The molecule has 8 heteroatoms. The van der Waals surface area contributed by atoms with E-state index >= 15 is 0 Å². The van der Waals surface area contributed by atoms with Crippen LogP contribution in [0.3, 0.4) is 0 Å². The fraction of sp³-hybridized carbons (Fsp3) is 0.714. The van der Waals surface area contributed by atoms with E-state index in [0.29, 0.717) is 6.61 Å². The minimum atomic E-state index is -4.50. The number of aromatic nitrogens is 2. The van der Waals surface area contributed by atoms with Gasteiger partial charge in [-0.05, 0) is 19.3 Å². The minimum absolute atomic E-state index is 0.00838. The lowest BCUT2D eigenvalue weighted by atomic mass is 10.1. The predicted octanol–water partition coefficient (Wildman–Crippen LogP) is 2.93. The lowest BCUT2D eigenvalue weighted by molar-refractivity contribution is -0.141. The van der Waals surface area contributed by atoms with Gasteiger partial charge in [0.2, 0.25) is 5.95 Å². The topological polar surface area (TPSA) is 50.3 Å². The van der Waals surface area contributed by atoms with Gasteiger partial charge in [-0.1, -0.05) is 6.92 Å². The van der Waals surface area contributed by atoms with Crippen LogP contribution in [0.4, 0.5) is 24.9 Å². The summed E-state index contributed by atoms with van der Waals surface area (Å²) in [6.07, 6.45) is -1.93. The number of ether oxygens (including phenoxy) is 1. The summed E-state index contributed by atoms with van der Waals surface area (Å²) in [5, 5.41) is 3.00. The zero-order valence-electron chi connectivity index (χ0n) is 12.9. The maximum Gasteiger partial charge on any atom is 0.433 e. The molecule has 0 aromatic carbocycles. The lowest BCUT2D eigenvalue weighted by Crippen LogP contribution is -2.33. The Balaban J connectivity index is 2.26. The fourth-order valence-corrected chi connectivity index (χ4v) is 2.42. The van der Waals surface area contributed by atoms with Gasteiger partial charge in [0.25, 0.3) is 0 Å². The molecule has 124 valence electrons. The quantitative estimate of drug-likeness (QED) is 0.904. The van der Waals surface area contributed by atoms with Crippen LogP contribution >= 0.6 is 0 Å². The molecule has 0 radical (unpaired) electrons. The van der Waals surface area contributed by atoms with E-state index in [1.165, 1.54) is 4.90 Å². The number of halogens is 3. The number of alkyl halides is 3. The van der Waals surface area contributed by atoms with Crippen LogP contribution in [-0.2, 0) is 10.9 Å². The molecule has 1 saturated heterocycles. The second-order valence-electron chi connectivity index (χ2n) is 5.54. The highest BCUT2D eigenvalue weighted by atomic mass is 19.4. The first-order valence-electron chi connectivity index (χ1n) is 7.33. The van der Waals surface area contributed by atoms with E-state index in [0.717, 1.165) is 25.3 Å². The third-order valence-electron chi connectivity index (χ3n) is 3.63. The molecule has 0 bridgehead atoms. The molecular formula is C14H21F3N4O. The van der Waals surface area contributed by atoms with Crippen LogP contribution in [0.5, 0.6) is 0 Å². The molecule has 2 heterocycles. The Bertz CT molecular complexity index is 501. The third kappa shape index (κ3) is 4.00. The Labute approximate surface area is 127 Å². The van der Waals surface area contributed by atoms with Gasteiger partial charge in [0.15, 0.2) is 5.69 Å². The fourth-order valence-electron chi connectivity index (χ4n) is 2.42. The Morgan fingerprint density at radius 3 is 2.64 bits per heavy atom. The normalized spacial score (nSPS) is 20.0. The van der Waals surface area contributed by atoms with E-state index in [1.807, 2.05) is 6.92 Å². The summed E-state index contributed by atoms with van der Waals surface area (Å²) in [6.45, 7) is 2.65. The average molecular weight is 318 g/mol. The van der Waals surface area contributed by atoms with Crippen molar-refractivity contribution in [3.8, 4) is 0 Å². The number of rotatable bonds is 5. The van der Waals surface area contributed by atoms with Crippen LogP contribution in [0.2, 0.25) is 0 Å². The minimum Gasteiger partial charge on any atom is -0.376 e. The van der Waals surface area contributed by atoms with Gasteiger partial charge in [-0.25, -0.2) is 4.98 Å². The van der Waals surface area contributed by atoms with Crippen LogP contribution in [0.1, 0.15) is 31.9 Å². The number of nitrogens with zero attached hydrogens (tertiary/aromatic N) is 3. The molecule has 2 unspecified atom stereocenters. The van der Waals surface area contributed by atoms with Gasteiger partial charge in [0, 0.05) is 26.8 Å². The summed E-state index contributed by atoms with van der Waals surface area (Å²) in [6, 6.07) is 0.846. The number of hydrogen-bond acceptors (Lipinski definition) is 5. The van der Waals surface area contributed by atoms with Crippen molar-refractivity contribution in [3.05, 3.63) is 11.8 Å². The maximum atomic E-state index is 13.0. The summed E-state index contributed by atoms with van der Waals surface area (Å²) in [7, 11) is 3.29. The van der Waals surface area contributed by atoms with E-state index in [1.54, 1.807) is 14.1 Å². The standard InChI is InChI=1S/C14H21F3N4O/c1-4-9(10-6-5-7-22-10)18-13-19-11(14(15,16)17)8-12(20-13)21(2)3/h8-10H,4-7H2,1-3H3,(H,18,19,20). The molecule has 1 aliphatic heterocycles. The van der Waals surface area contributed by atoms with Crippen LogP contribution in [0, 0.1) is 0 Å². The van der Waals surface area contributed by atoms with Crippen LogP contribution in [-0.4, -0.2) is 42.8 Å². The Kier molecular flexibility index (Phi) is 5.10. The molecule has 1 aliphatic rings. The molecule has 0 aliphatic carbocycles. The molecule has 5 nitrogen and oxygen atoms in total. The molecule has 1 aromatic rings. The van der Waals surface area contributed by atoms with Crippen LogP contribution in [0.25, 0.3) is 0 Å². The third-order valence-corrected chi connectivity index (χ3v) is 3.63. The smallest absolute Gasteiger partial charge is 0.376 e. The van der Waals surface area contributed by atoms with Gasteiger partial charge in [-0.2, -0.15) is 18.2 Å². The number of anilines is 2. The summed E-state index contributed by atoms with van der Waals surface area (Å²) < 4.78 is 44.5. The zero-order valence-corrected chi connectivity index (χ0v) is 12.9. The van der Waals surface area contributed by atoms with Crippen molar-refractivity contribution in [2.45, 2.75) is 44.5 Å². The zero-order chi connectivity index (χ0) is 16.3. The molecule has 0 saturated carbocycles. The van der Waals surface area contributed by atoms with Gasteiger partial charge in [0.05, 0.1) is 12.1 Å². The van der Waals surface area contributed by atoms with Gasteiger partial charge in [0.1, 0.15) is 5.82 Å². The Morgan fingerprint density at radius 2 is 2.14 bits per heavy atom. The Morgan fingerprint density at radius 1 is 1.41 bits per heavy atom. The largest absolute Gasteiger partial charge is 0.433 e. The highest BCUT2D eigenvalue weighted by molar-refractivity contribution is 5.44. The molecular weight excluding hydrogens is 297 g/mol. The van der Waals surface area contributed by atoms with Crippen molar-refractivity contribution in [1.82, 2.24) is 9.97 Å². The Hall–Kier alpha value is -1.57. The monoisotopic (exact) mass is 318 g/mol. The number of hydrogen-bond donors (Lipinski definition) is 1. The van der Waals surface area contributed by atoms with E-state index in [2.05, 4.69) is 15.3 Å². The first kappa shape index (κ1) is 16.8. The van der Waals surface area contributed by atoms with Crippen LogP contribution < -0.4 is 10.2 Å². The van der Waals surface area contributed by atoms with Gasteiger partial charge in [-0.3, -0.25) is 0 Å². The van der Waals surface area contributed by atoms with Crippen molar-refractivity contribution in [3.63, 3.8) is 0 Å². The average Bonchev–Trinajstić information content (AvgIpc) is 2.97. The van der Waals surface area contributed by atoms with E-state index in [9.17, 15) is 13.2 Å². The van der Waals surface area contributed by atoms with E-state index < -0.39 is 11.9 Å². The van der Waals surface area contributed by atoms with Gasteiger partial charge >= 0.3 is 6.18 Å². The SMILES string of the molecule is CCC(Nc1nc(N(C)C)cc(C(F)(F)F)n1)C1CCCO1. The molecule has 0 amide bonds. The molecule has 22 heavy (non-hydrogen) atoms. The van der Waals surface area contributed by atoms with Crippen molar-refractivity contribution in [2.24, 2.45) is 0 Å². The van der Waals surface area contributed by atoms with Crippen molar-refractivity contribution >= 4 is 11.8 Å². The van der Waals surface area contributed by atoms with E-state index in [4.69, 9.17) is 4.74 Å². The highest BCUT2D eigenvalue weighted by Gasteiger charge is 2.34. The first-order chi connectivity index (χ1) is 10.3. The van der Waals surface area contributed by atoms with Gasteiger partial charge in [-0.15, -0.1) is 0 Å². The summed E-state index contributed by atoms with van der Waals surface area (Å²) >= 11 is 0. The predicted molar refractivity (Wildman–Crippen MR) is 78.0 cm³/mol. The molecule has 2 atom stereocenters.